The Hall–Kier alpha value is -1.04. The standard InChI is InChI=1S/C15H24N4S/c1-2-20-15(17)19-12-8-9-13(18-10-12)14(16)11-6-4-3-5-7-11/h3-7,12-14,18H,2,8-10,16H2,1H3,(H2,17,19). The van der Waals surface area contributed by atoms with Gasteiger partial charge in [-0.05, 0) is 24.2 Å². The maximum atomic E-state index is 7.79. The predicted octanol–water partition coefficient (Wildman–Crippen LogP) is 2.08. The summed E-state index contributed by atoms with van der Waals surface area (Å²) >= 11 is 1.55. The number of hydrogen-bond acceptors (Lipinski definition) is 4. The third-order valence-corrected chi connectivity index (χ3v) is 4.39. The van der Waals surface area contributed by atoms with Gasteiger partial charge in [0.05, 0.1) is 0 Å². The summed E-state index contributed by atoms with van der Waals surface area (Å²) in [5.74, 6) is 0.938. The highest BCUT2D eigenvalue weighted by molar-refractivity contribution is 8.13. The molecule has 0 bridgehead atoms. The van der Waals surface area contributed by atoms with Gasteiger partial charge in [-0.25, -0.2) is 0 Å². The van der Waals surface area contributed by atoms with E-state index in [-0.39, 0.29) is 6.04 Å². The fourth-order valence-electron chi connectivity index (χ4n) is 2.59. The molecule has 5 heteroatoms. The van der Waals surface area contributed by atoms with Gasteiger partial charge >= 0.3 is 0 Å². The van der Waals surface area contributed by atoms with Crippen LogP contribution in [0.25, 0.3) is 0 Å². The number of thioether (sulfide) groups is 1. The summed E-state index contributed by atoms with van der Waals surface area (Å²) < 4.78 is 0. The van der Waals surface area contributed by atoms with Crippen molar-refractivity contribution in [1.82, 2.24) is 10.6 Å². The zero-order valence-electron chi connectivity index (χ0n) is 11.9. The van der Waals surface area contributed by atoms with Crippen LogP contribution in [-0.4, -0.2) is 29.5 Å². The molecule has 0 radical (unpaired) electrons. The van der Waals surface area contributed by atoms with Crippen LogP contribution in [0.15, 0.2) is 30.3 Å². The Balaban J connectivity index is 1.81. The van der Waals surface area contributed by atoms with Crippen LogP contribution in [0.2, 0.25) is 0 Å². The lowest BCUT2D eigenvalue weighted by atomic mass is 9.91. The van der Waals surface area contributed by atoms with Crippen molar-refractivity contribution in [3.8, 4) is 0 Å². The van der Waals surface area contributed by atoms with Gasteiger partial charge in [0.15, 0.2) is 5.17 Å². The van der Waals surface area contributed by atoms with Crippen LogP contribution in [-0.2, 0) is 0 Å². The Kier molecular flexibility index (Phi) is 5.88. The molecule has 110 valence electrons. The second-order valence-corrected chi connectivity index (χ2v) is 6.41. The molecular weight excluding hydrogens is 268 g/mol. The minimum absolute atomic E-state index is 0.0432. The molecule has 1 fully saturated rings. The summed E-state index contributed by atoms with van der Waals surface area (Å²) in [6.45, 7) is 2.94. The maximum Gasteiger partial charge on any atom is 0.153 e. The van der Waals surface area contributed by atoms with Crippen LogP contribution < -0.4 is 16.4 Å². The average Bonchev–Trinajstić information content (AvgIpc) is 2.48. The molecule has 1 saturated heterocycles. The Bertz CT molecular complexity index is 415. The highest BCUT2D eigenvalue weighted by Crippen LogP contribution is 2.21. The van der Waals surface area contributed by atoms with Crippen LogP contribution >= 0.6 is 11.8 Å². The third kappa shape index (κ3) is 4.23. The molecular formula is C15H24N4S. The van der Waals surface area contributed by atoms with Gasteiger partial charge in [-0.15, -0.1) is 0 Å². The van der Waals surface area contributed by atoms with Crippen molar-refractivity contribution >= 4 is 16.9 Å². The van der Waals surface area contributed by atoms with E-state index in [1.807, 2.05) is 18.2 Å². The molecule has 1 aliphatic rings. The number of amidine groups is 1. The molecule has 1 aromatic carbocycles. The van der Waals surface area contributed by atoms with Crippen LogP contribution in [0.3, 0.4) is 0 Å². The molecule has 1 heterocycles. The predicted molar refractivity (Wildman–Crippen MR) is 87.2 cm³/mol. The van der Waals surface area contributed by atoms with Crippen molar-refractivity contribution in [2.75, 3.05) is 12.3 Å². The lowest BCUT2D eigenvalue weighted by Gasteiger charge is -2.34. The number of hydrogen-bond donors (Lipinski definition) is 4. The second-order valence-electron chi connectivity index (χ2n) is 5.13. The fourth-order valence-corrected chi connectivity index (χ4v) is 3.13. The van der Waals surface area contributed by atoms with Gasteiger partial charge in [0, 0.05) is 24.7 Å². The average molecular weight is 292 g/mol. The second kappa shape index (κ2) is 7.67. The quantitative estimate of drug-likeness (QED) is 0.506. The molecule has 1 aliphatic heterocycles. The van der Waals surface area contributed by atoms with Gasteiger partial charge in [0.2, 0.25) is 0 Å². The summed E-state index contributed by atoms with van der Waals surface area (Å²) in [4.78, 5) is 0. The Morgan fingerprint density at radius 3 is 2.80 bits per heavy atom. The van der Waals surface area contributed by atoms with Crippen molar-refractivity contribution in [3.63, 3.8) is 0 Å². The molecule has 20 heavy (non-hydrogen) atoms. The van der Waals surface area contributed by atoms with E-state index in [0.717, 1.165) is 25.1 Å². The van der Waals surface area contributed by atoms with E-state index in [0.29, 0.717) is 17.3 Å². The fraction of sp³-hybridized carbons (Fsp3) is 0.533. The first-order valence-corrected chi connectivity index (χ1v) is 8.21. The monoisotopic (exact) mass is 292 g/mol. The van der Waals surface area contributed by atoms with Crippen molar-refractivity contribution in [1.29, 1.82) is 5.41 Å². The summed E-state index contributed by atoms with van der Waals surface area (Å²) in [5.41, 5.74) is 7.52. The largest absolute Gasteiger partial charge is 0.361 e. The van der Waals surface area contributed by atoms with Crippen LogP contribution in [0, 0.1) is 5.41 Å². The van der Waals surface area contributed by atoms with E-state index in [1.165, 1.54) is 5.56 Å². The van der Waals surface area contributed by atoms with E-state index < -0.39 is 0 Å². The molecule has 0 amide bonds. The Morgan fingerprint density at radius 1 is 1.45 bits per heavy atom. The molecule has 0 aliphatic carbocycles. The lowest BCUT2D eigenvalue weighted by Crippen LogP contribution is -2.52. The topological polar surface area (TPSA) is 73.9 Å². The van der Waals surface area contributed by atoms with Gasteiger partial charge in [-0.3, -0.25) is 5.41 Å². The van der Waals surface area contributed by atoms with Gasteiger partial charge in [-0.2, -0.15) is 0 Å². The lowest BCUT2D eigenvalue weighted by molar-refractivity contribution is 0.315. The SMILES string of the molecule is CCSC(=N)NC1CCC(C(N)c2ccccc2)NC1. The minimum Gasteiger partial charge on any atom is -0.361 e. The zero-order chi connectivity index (χ0) is 14.4. The number of nitrogens with two attached hydrogens (primary N) is 1. The first-order chi connectivity index (χ1) is 9.70. The summed E-state index contributed by atoms with van der Waals surface area (Å²) in [5, 5.41) is 15.2. The highest BCUT2D eigenvalue weighted by Gasteiger charge is 2.26. The van der Waals surface area contributed by atoms with E-state index in [2.05, 4.69) is 29.7 Å². The molecule has 1 aromatic rings. The molecule has 0 saturated carbocycles. The molecule has 0 spiro atoms. The van der Waals surface area contributed by atoms with Gasteiger partial charge in [0.25, 0.3) is 0 Å². The molecule has 3 unspecified atom stereocenters. The molecule has 5 N–H and O–H groups in total. The smallest absolute Gasteiger partial charge is 0.153 e. The van der Waals surface area contributed by atoms with Crippen molar-refractivity contribution in [2.24, 2.45) is 5.73 Å². The maximum absolute atomic E-state index is 7.79. The molecule has 3 atom stereocenters. The number of rotatable bonds is 4. The van der Waals surface area contributed by atoms with Crippen molar-refractivity contribution < 1.29 is 0 Å². The number of benzene rings is 1. The van der Waals surface area contributed by atoms with Crippen LogP contribution in [0.5, 0.6) is 0 Å². The summed E-state index contributed by atoms with van der Waals surface area (Å²) in [6, 6.07) is 11.0. The number of piperidine rings is 1. The minimum atomic E-state index is 0.0432. The first-order valence-electron chi connectivity index (χ1n) is 7.22. The zero-order valence-corrected chi connectivity index (χ0v) is 12.7. The molecule has 2 rings (SSSR count). The van der Waals surface area contributed by atoms with Crippen molar-refractivity contribution in [3.05, 3.63) is 35.9 Å². The van der Waals surface area contributed by atoms with E-state index in [1.54, 1.807) is 11.8 Å². The Labute approximate surface area is 125 Å². The normalized spacial score (nSPS) is 24.1. The van der Waals surface area contributed by atoms with Crippen LogP contribution in [0.4, 0.5) is 0 Å². The van der Waals surface area contributed by atoms with E-state index in [9.17, 15) is 0 Å². The Morgan fingerprint density at radius 2 is 2.20 bits per heavy atom. The summed E-state index contributed by atoms with van der Waals surface area (Å²) in [7, 11) is 0. The summed E-state index contributed by atoms with van der Waals surface area (Å²) in [6.07, 6.45) is 2.10. The van der Waals surface area contributed by atoms with E-state index in [4.69, 9.17) is 11.1 Å². The molecule has 4 nitrogen and oxygen atoms in total. The van der Waals surface area contributed by atoms with Gasteiger partial charge in [-0.1, -0.05) is 49.0 Å². The van der Waals surface area contributed by atoms with Gasteiger partial charge < -0.3 is 16.4 Å². The van der Waals surface area contributed by atoms with Crippen molar-refractivity contribution in [2.45, 2.75) is 37.9 Å². The van der Waals surface area contributed by atoms with E-state index >= 15 is 0 Å². The van der Waals surface area contributed by atoms with Crippen LogP contribution in [0.1, 0.15) is 31.4 Å². The first kappa shape index (κ1) is 15.4. The van der Waals surface area contributed by atoms with Gasteiger partial charge in [0.1, 0.15) is 0 Å². The highest BCUT2D eigenvalue weighted by atomic mass is 32.2. The third-order valence-electron chi connectivity index (χ3n) is 3.69. The number of nitrogens with one attached hydrogen (secondary N) is 3. The molecule has 0 aromatic heterocycles.